The maximum atomic E-state index is 12.5. The summed E-state index contributed by atoms with van der Waals surface area (Å²) in [4.78, 5) is 10.6. The van der Waals surface area contributed by atoms with Gasteiger partial charge in [-0.05, 0) is 30.7 Å². The van der Waals surface area contributed by atoms with Crippen LogP contribution in [0.2, 0.25) is 0 Å². The van der Waals surface area contributed by atoms with Crippen molar-refractivity contribution in [2.75, 3.05) is 6.54 Å². The van der Waals surface area contributed by atoms with Crippen LogP contribution < -0.4 is 5.32 Å². The van der Waals surface area contributed by atoms with Gasteiger partial charge in [0, 0.05) is 25.5 Å². The van der Waals surface area contributed by atoms with Crippen molar-refractivity contribution < 1.29 is 18.0 Å². The Balaban J connectivity index is 2.69. The monoisotopic (exact) mass is 269 g/mol. The summed E-state index contributed by atoms with van der Waals surface area (Å²) in [6.45, 7) is 3.25. The molecule has 0 saturated heterocycles. The van der Waals surface area contributed by atoms with Gasteiger partial charge in [0.1, 0.15) is 0 Å². The molecule has 0 fully saturated rings. The van der Waals surface area contributed by atoms with Crippen LogP contribution >= 0.6 is 0 Å². The maximum Gasteiger partial charge on any atom is 0.416 e. The molecule has 0 unspecified atom stereocenters. The zero-order valence-electron chi connectivity index (χ0n) is 10.7. The van der Waals surface area contributed by atoms with Crippen molar-refractivity contribution >= 4 is 5.91 Å². The molecule has 1 aromatic carbocycles. The van der Waals surface area contributed by atoms with Gasteiger partial charge in [0.25, 0.3) is 0 Å². The summed E-state index contributed by atoms with van der Waals surface area (Å²) in [5, 5.41) is 2.58. The summed E-state index contributed by atoms with van der Waals surface area (Å²) in [6, 6.07) is 3.79. The number of aryl methyl sites for hydroxylation is 1. The smallest absolute Gasteiger partial charge is 0.355 e. The van der Waals surface area contributed by atoms with Crippen LogP contribution in [-0.4, -0.2) is 12.5 Å². The van der Waals surface area contributed by atoms with E-state index >= 15 is 0 Å². The normalized spacial score (nSPS) is 10.6. The number of rotatable bonds is 2. The second-order valence-electron chi connectivity index (χ2n) is 4.06. The highest BCUT2D eigenvalue weighted by Crippen LogP contribution is 2.31. The Bertz CT molecular complexity index is 524. The van der Waals surface area contributed by atoms with E-state index in [4.69, 9.17) is 0 Å². The fraction of sp³-hybridized carbons (Fsp3) is 0.357. The number of carbonyl (C=O) groups is 1. The zero-order valence-corrected chi connectivity index (χ0v) is 10.7. The lowest BCUT2D eigenvalue weighted by Crippen LogP contribution is -2.20. The minimum atomic E-state index is -4.33. The van der Waals surface area contributed by atoms with Crippen LogP contribution in [0, 0.1) is 18.8 Å². The third-order valence-corrected chi connectivity index (χ3v) is 2.39. The van der Waals surface area contributed by atoms with Crippen LogP contribution in [0.4, 0.5) is 13.2 Å². The summed E-state index contributed by atoms with van der Waals surface area (Å²) in [7, 11) is 0. The first-order chi connectivity index (χ1) is 8.80. The van der Waals surface area contributed by atoms with Crippen LogP contribution in [0.15, 0.2) is 18.2 Å². The van der Waals surface area contributed by atoms with Gasteiger partial charge in [0.2, 0.25) is 5.91 Å². The Labute approximate surface area is 110 Å². The summed E-state index contributed by atoms with van der Waals surface area (Å²) in [5.74, 6) is 5.43. The molecule has 0 aromatic heterocycles. The number of carbonyl (C=O) groups excluding carboxylic acids is 1. The van der Waals surface area contributed by atoms with Crippen LogP contribution in [0.3, 0.4) is 0 Å². The van der Waals surface area contributed by atoms with E-state index in [9.17, 15) is 18.0 Å². The number of halogens is 3. The first-order valence-corrected chi connectivity index (χ1v) is 5.72. The van der Waals surface area contributed by atoms with Crippen molar-refractivity contribution in [3.8, 4) is 11.8 Å². The van der Waals surface area contributed by atoms with E-state index in [1.54, 1.807) is 0 Å². The van der Waals surface area contributed by atoms with Crippen LogP contribution in [-0.2, 0) is 11.0 Å². The largest absolute Gasteiger partial charge is 0.416 e. The van der Waals surface area contributed by atoms with E-state index < -0.39 is 11.7 Å². The topological polar surface area (TPSA) is 29.1 Å². The van der Waals surface area contributed by atoms with Gasteiger partial charge in [-0.25, -0.2) is 0 Å². The number of alkyl halides is 3. The molecule has 2 nitrogen and oxygen atoms in total. The highest BCUT2D eigenvalue weighted by Gasteiger charge is 2.31. The Kier molecular flexibility index (Phi) is 4.99. The van der Waals surface area contributed by atoms with Gasteiger partial charge >= 0.3 is 6.18 Å². The average Bonchev–Trinajstić information content (AvgIpc) is 2.26. The molecule has 0 heterocycles. The quantitative estimate of drug-likeness (QED) is 0.649. The van der Waals surface area contributed by atoms with Gasteiger partial charge in [-0.3, -0.25) is 4.79 Å². The Morgan fingerprint density at radius 1 is 1.37 bits per heavy atom. The first kappa shape index (κ1) is 15.1. The fourth-order valence-corrected chi connectivity index (χ4v) is 1.53. The maximum absolute atomic E-state index is 12.5. The molecule has 0 spiro atoms. The third kappa shape index (κ3) is 5.04. The van der Waals surface area contributed by atoms with E-state index in [0.29, 0.717) is 18.5 Å². The lowest BCUT2D eigenvalue weighted by atomic mass is 10.0. The van der Waals surface area contributed by atoms with Gasteiger partial charge in [0.15, 0.2) is 0 Å². The molecule has 1 rings (SSSR count). The second kappa shape index (κ2) is 6.28. The standard InChI is InChI=1S/C14H14F3NO/c1-10-9-12(5-3-4-8-18-11(2)19)6-7-13(10)14(15,16)17/h6-7,9H,4,8H2,1-2H3,(H,18,19). The van der Waals surface area contributed by atoms with Gasteiger partial charge in [-0.15, -0.1) is 0 Å². The molecule has 0 saturated carbocycles. The summed E-state index contributed by atoms with van der Waals surface area (Å²) in [5.41, 5.74) is 0.0470. The van der Waals surface area contributed by atoms with Gasteiger partial charge in [-0.2, -0.15) is 13.2 Å². The van der Waals surface area contributed by atoms with Crippen molar-refractivity contribution in [2.24, 2.45) is 0 Å². The lowest BCUT2D eigenvalue weighted by Gasteiger charge is -2.09. The number of nitrogens with one attached hydrogen (secondary N) is 1. The molecule has 0 aliphatic rings. The number of benzene rings is 1. The highest BCUT2D eigenvalue weighted by atomic mass is 19.4. The predicted molar refractivity (Wildman–Crippen MR) is 66.4 cm³/mol. The molecular weight excluding hydrogens is 255 g/mol. The Morgan fingerprint density at radius 2 is 2.05 bits per heavy atom. The summed E-state index contributed by atoms with van der Waals surface area (Å²) >= 11 is 0. The minimum absolute atomic E-state index is 0.132. The van der Waals surface area contributed by atoms with Gasteiger partial charge in [-0.1, -0.05) is 11.8 Å². The molecular formula is C14H14F3NO. The molecule has 0 atom stereocenters. The minimum Gasteiger partial charge on any atom is -0.355 e. The molecule has 0 aliphatic heterocycles. The van der Waals surface area contributed by atoms with Gasteiger partial charge < -0.3 is 5.32 Å². The van der Waals surface area contributed by atoms with Crippen molar-refractivity contribution in [1.29, 1.82) is 0 Å². The van der Waals surface area contributed by atoms with Crippen molar-refractivity contribution in [2.45, 2.75) is 26.4 Å². The average molecular weight is 269 g/mol. The van der Waals surface area contributed by atoms with Crippen molar-refractivity contribution in [1.82, 2.24) is 5.32 Å². The molecule has 1 N–H and O–H groups in total. The highest BCUT2D eigenvalue weighted by molar-refractivity contribution is 5.72. The molecule has 0 radical (unpaired) electrons. The SMILES string of the molecule is CC(=O)NCCC#Cc1ccc(C(F)(F)F)c(C)c1. The number of hydrogen-bond acceptors (Lipinski definition) is 1. The molecule has 5 heteroatoms. The van der Waals surface area contributed by atoms with Crippen molar-refractivity contribution in [3.05, 3.63) is 34.9 Å². The van der Waals surface area contributed by atoms with Crippen LogP contribution in [0.1, 0.15) is 30.0 Å². The molecule has 1 aromatic rings. The molecule has 0 aliphatic carbocycles. The molecule has 102 valence electrons. The lowest BCUT2D eigenvalue weighted by molar-refractivity contribution is -0.138. The van der Waals surface area contributed by atoms with Crippen LogP contribution in [0.5, 0.6) is 0 Å². The molecule has 19 heavy (non-hydrogen) atoms. The zero-order chi connectivity index (χ0) is 14.5. The third-order valence-electron chi connectivity index (χ3n) is 2.39. The van der Waals surface area contributed by atoms with E-state index in [0.717, 1.165) is 6.07 Å². The first-order valence-electron chi connectivity index (χ1n) is 5.72. The van der Waals surface area contributed by atoms with Crippen LogP contribution in [0.25, 0.3) is 0 Å². The Hall–Kier alpha value is -1.96. The summed E-state index contributed by atoms with van der Waals surface area (Å²) in [6.07, 6.45) is -3.87. The van der Waals surface area contributed by atoms with E-state index in [1.165, 1.54) is 26.0 Å². The van der Waals surface area contributed by atoms with Gasteiger partial charge in [0.05, 0.1) is 5.56 Å². The summed E-state index contributed by atoms with van der Waals surface area (Å²) < 4.78 is 37.6. The Morgan fingerprint density at radius 3 is 2.58 bits per heavy atom. The van der Waals surface area contributed by atoms with Crippen molar-refractivity contribution in [3.63, 3.8) is 0 Å². The predicted octanol–water partition coefficient (Wildman–Crippen LogP) is 2.89. The second-order valence-corrected chi connectivity index (χ2v) is 4.06. The van der Waals surface area contributed by atoms with E-state index in [-0.39, 0.29) is 11.5 Å². The number of amides is 1. The molecule has 0 bridgehead atoms. The van der Waals surface area contributed by atoms with E-state index in [1.807, 2.05) is 0 Å². The molecule has 1 amide bonds. The van der Waals surface area contributed by atoms with E-state index in [2.05, 4.69) is 17.2 Å². The number of hydrogen-bond donors (Lipinski definition) is 1. The fourth-order valence-electron chi connectivity index (χ4n) is 1.53.